The summed E-state index contributed by atoms with van der Waals surface area (Å²) < 4.78 is 0. The second-order valence-electron chi connectivity index (χ2n) is 5.15. The molecular weight excluding hydrogens is 146 g/mol. The predicted octanol–water partition coefficient (Wildman–Crippen LogP) is 3.20. The Hall–Kier alpha value is -0.0400. The van der Waals surface area contributed by atoms with Gasteiger partial charge in [0.25, 0.3) is 0 Å². The zero-order valence-electron chi connectivity index (χ0n) is 9.62. The van der Waals surface area contributed by atoms with Crippen LogP contribution in [0.4, 0.5) is 0 Å². The highest BCUT2D eigenvalue weighted by Gasteiger charge is 2.21. The van der Waals surface area contributed by atoms with E-state index in [1.54, 1.807) is 0 Å². The van der Waals surface area contributed by atoms with Gasteiger partial charge >= 0.3 is 0 Å². The zero-order chi connectivity index (χ0) is 9.83. The van der Waals surface area contributed by atoms with Crippen molar-refractivity contribution in [1.82, 2.24) is 5.32 Å². The second-order valence-corrected chi connectivity index (χ2v) is 5.15. The van der Waals surface area contributed by atoms with E-state index in [-0.39, 0.29) is 0 Å². The van der Waals surface area contributed by atoms with Crippen LogP contribution in [-0.2, 0) is 0 Å². The highest BCUT2D eigenvalue weighted by molar-refractivity contribution is 4.79. The zero-order valence-corrected chi connectivity index (χ0v) is 9.62. The van der Waals surface area contributed by atoms with Crippen LogP contribution in [0.2, 0.25) is 0 Å². The molecule has 0 bridgehead atoms. The highest BCUT2D eigenvalue weighted by atomic mass is 14.9. The molecule has 0 aromatic rings. The van der Waals surface area contributed by atoms with Gasteiger partial charge < -0.3 is 5.32 Å². The Morgan fingerprint density at radius 2 is 1.50 bits per heavy atom. The van der Waals surface area contributed by atoms with Crippen LogP contribution >= 0.6 is 0 Å². The van der Waals surface area contributed by atoms with Crippen LogP contribution in [-0.4, -0.2) is 12.6 Å². The van der Waals surface area contributed by atoms with Crippen LogP contribution in [0.1, 0.15) is 53.9 Å². The van der Waals surface area contributed by atoms with Crippen molar-refractivity contribution in [2.75, 3.05) is 7.05 Å². The average molecular weight is 171 g/mol. The van der Waals surface area contributed by atoms with Crippen molar-refractivity contribution in [3.05, 3.63) is 0 Å². The highest BCUT2D eigenvalue weighted by Crippen LogP contribution is 2.28. The molecular formula is C11H25N. The summed E-state index contributed by atoms with van der Waals surface area (Å²) in [5, 5.41) is 3.34. The van der Waals surface area contributed by atoms with Crippen molar-refractivity contribution in [3.8, 4) is 0 Å². The van der Waals surface area contributed by atoms with Crippen molar-refractivity contribution < 1.29 is 0 Å². The molecule has 0 saturated heterocycles. The van der Waals surface area contributed by atoms with Gasteiger partial charge in [-0.25, -0.2) is 0 Å². The van der Waals surface area contributed by atoms with Crippen LogP contribution in [0.3, 0.4) is 0 Å². The fourth-order valence-electron chi connectivity index (χ4n) is 0.953. The lowest BCUT2D eigenvalue weighted by Crippen LogP contribution is -2.37. The minimum Gasteiger partial charge on any atom is -0.315 e. The maximum atomic E-state index is 3.34. The molecule has 1 N–H and O–H groups in total. The van der Waals surface area contributed by atoms with E-state index in [9.17, 15) is 0 Å². The van der Waals surface area contributed by atoms with Crippen LogP contribution in [0.25, 0.3) is 0 Å². The lowest BCUT2D eigenvalue weighted by atomic mass is 9.81. The smallest absolute Gasteiger partial charge is 0.0122 e. The van der Waals surface area contributed by atoms with Crippen molar-refractivity contribution in [1.29, 1.82) is 0 Å². The number of rotatable bonds is 5. The maximum absolute atomic E-state index is 3.34. The Kier molecular flexibility index (Phi) is 4.25. The summed E-state index contributed by atoms with van der Waals surface area (Å²) in [6, 6.07) is 0. The van der Waals surface area contributed by atoms with Gasteiger partial charge in [0.05, 0.1) is 0 Å². The van der Waals surface area contributed by atoms with Crippen molar-refractivity contribution >= 4 is 0 Å². The summed E-state index contributed by atoms with van der Waals surface area (Å²) >= 11 is 0. The lowest BCUT2D eigenvalue weighted by molar-refractivity contribution is 0.261. The SMILES string of the molecule is CCC(C)(C)CCC(C)(C)NC. The summed E-state index contributed by atoms with van der Waals surface area (Å²) in [7, 11) is 2.04. The third-order valence-corrected chi connectivity index (χ3v) is 3.06. The summed E-state index contributed by atoms with van der Waals surface area (Å²) in [6.45, 7) is 11.5. The first-order valence-corrected chi connectivity index (χ1v) is 5.02. The van der Waals surface area contributed by atoms with Gasteiger partial charge in [0.1, 0.15) is 0 Å². The third kappa shape index (κ3) is 4.76. The molecule has 1 heteroatoms. The van der Waals surface area contributed by atoms with E-state index in [2.05, 4.69) is 39.9 Å². The molecule has 0 saturated carbocycles. The minimum absolute atomic E-state index is 0.298. The molecule has 74 valence electrons. The maximum Gasteiger partial charge on any atom is 0.0122 e. The molecule has 0 radical (unpaired) electrons. The largest absolute Gasteiger partial charge is 0.315 e. The van der Waals surface area contributed by atoms with E-state index in [1.807, 2.05) is 7.05 Å². The van der Waals surface area contributed by atoms with Gasteiger partial charge in [-0.05, 0) is 39.2 Å². The fraction of sp³-hybridized carbons (Fsp3) is 1.00. The Balaban J connectivity index is 3.82. The summed E-state index contributed by atoms with van der Waals surface area (Å²) in [4.78, 5) is 0. The molecule has 0 aromatic heterocycles. The third-order valence-electron chi connectivity index (χ3n) is 3.06. The molecule has 0 heterocycles. The standard InChI is InChI=1S/C11H25N/c1-7-10(2,3)8-9-11(4,5)12-6/h12H,7-9H2,1-6H3. The predicted molar refractivity (Wildman–Crippen MR) is 56.4 cm³/mol. The fourth-order valence-corrected chi connectivity index (χ4v) is 0.953. The van der Waals surface area contributed by atoms with E-state index in [1.165, 1.54) is 19.3 Å². The van der Waals surface area contributed by atoms with Gasteiger partial charge in [0, 0.05) is 5.54 Å². The molecule has 0 spiro atoms. The van der Waals surface area contributed by atoms with Gasteiger partial charge in [-0.15, -0.1) is 0 Å². The molecule has 1 nitrogen and oxygen atoms in total. The van der Waals surface area contributed by atoms with Crippen molar-refractivity contribution in [2.24, 2.45) is 5.41 Å². The first kappa shape index (κ1) is 12.0. The summed E-state index contributed by atoms with van der Waals surface area (Å²) in [5.41, 5.74) is 0.806. The van der Waals surface area contributed by atoms with Crippen LogP contribution in [0.5, 0.6) is 0 Å². The van der Waals surface area contributed by atoms with Gasteiger partial charge in [-0.1, -0.05) is 27.2 Å². The molecule has 0 aliphatic carbocycles. The molecule has 0 aliphatic heterocycles. The molecule has 0 rings (SSSR count). The van der Waals surface area contributed by atoms with Gasteiger partial charge in [-0.3, -0.25) is 0 Å². The molecule has 0 fully saturated rings. The Morgan fingerprint density at radius 1 is 1.00 bits per heavy atom. The number of nitrogens with one attached hydrogen (secondary N) is 1. The van der Waals surface area contributed by atoms with Gasteiger partial charge in [0.2, 0.25) is 0 Å². The molecule has 0 atom stereocenters. The first-order chi connectivity index (χ1) is 5.33. The quantitative estimate of drug-likeness (QED) is 0.670. The summed E-state index contributed by atoms with van der Waals surface area (Å²) in [5.74, 6) is 0. The van der Waals surface area contributed by atoms with Gasteiger partial charge in [0.15, 0.2) is 0 Å². The molecule has 0 aliphatic rings. The molecule has 12 heavy (non-hydrogen) atoms. The van der Waals surface area contributed by atoms with E-state index >= 15 is 0 Å². The van der Waals surface area contributed by atoms with Gasteiger partial charge in [-0.2, -0.15) is 0 Å². The molecule has 0 unspecified atom stereocenters. The van der Waals surface area contributed by atoms with Crippen LogP contribution < -0.4 is 5.32 Å². The number of hydrogen-bond acceptors (Lipinski definition) is 1. The monoisotopic (exact) mass is 171 g/mol. The molecule has 0 aromatic carbocycles. The normalized spacial score (nSPS) is 13.5. The molecule has 0 amide bonds. The van der Waals surface area contributed by atoms with Crippen molar-refractivity contribution in [2.45, 2.75) is 59.4 Å². The van der Waals surface area contributed by atoms with E-state index < -0.39 is 0 Å². The van der Waals surface area contributed by atoms with E-state index in [0.29, 0.717) is 11.0 Å². The van der Waals surface area contributed by atoms with E-state index in [0.717, 1.165) is 0 Å². The second kappa shape index (κ2) is 4.27. The Labute approximate surface area is 77.9 Å². The lowest BCUT2D eigenvalue weighted by Gasteiger charge is -2.30. The average Bonchev–Trinajstić information content (AvgIpc) is 2.02. The van der Waals surface area contributed by atoms with Crippen LogP contribution in [0, 0.1) is 5.41 Å². The Bertz CT molecular complexity index is 109. The van der Waals surface area contributed by atoms with Crippen molar-refractivity contribution in [3.63, 3.8) is 0 Å². The van der Waals surface area contributed by atoms with E-state index in [4.69, 9.17) is 0 Å². The minimum atomic E-state index is 0.298. The number of hydrogen-bond donors (Lipinski definition) is 1. The first-order valence-electron chi connectivity index (χ1n) is 5.02. The summed E-state index contributed by atoms with van der Waals surface area (Å²) in [6.07, 6.45) is 3.83. The Morgan fingerprint density at radius 3 is 1.83 bits per heavy atom. The topological polar surface area (TPSA) is 12.0 Å². The van der Waals surface area contributed by atoms with Crippen LogP contribution in [0.15, 0.2) is 0 Å².